The Balaban J connectivity index is 2.36. The highest BCUT2D eigenvalue weighted by atomic mass is 35.5. The number of carbonyl (C=O) groups is 1. The maximum atomic E-state index is 11.6. The molecule has 0 bridgehead atoms. The zero-order chi connectivity index (χ0) is 15.6. The van der Waals surface area contributed by atoms with Crippen molar-refractivity contribution in [3.05, 3.63) is 22.7 Å². The Morgan fingerprint density at radius 1 is 1.43 bits per heavy atom. The number of aliphatic hydroxyl groups is 1. The Morgan fingerprint density at radius 2 is 2.10 bits per heavy atom. The highest BCUT2D eigenvalue weighted by molar-refractivity contribution is 6.30. The normalized spacial score (nSPS) is 17.0. The molecule has 0 amide bonds. The summed E-state index contributed by atoms with van der Waals surface area (Å²) in [6.45, 7) is 1.53. The van der Waals surface area contributed by atoms with Crippen molar-refractivity contribution < 1.29 is 24.1 Å². The van der Waals surface area contributed by atoms with Crippen molar-refractivity contribution in [1.82, 2.24) is 4.90 Å². The number of halogens is 1. The van der Waals surface area contributed by atoms with Crippen LogP contribution in [0.1, 0.15) is 11.7 Å². The number of aliphatic hydroxyl groups excluding tert-OH is 1. The first-order valence-corrected chi connectivity index (χ1v) is 6.82. The largest absolute Gasteiger partial charge is 0.493 e. The van der Waals surface area contributed by atoms with Gasteiger partial charge in [-0.3, -0.25) is 4.90 Å². The Kier molecular flexibility index (Phi) is 4.92. The van der Waals surface area contributed by atoms with Crippen molar-refractivity contribution in [2.45, 2.75) is 12.2 Å². The highest BCUT2D eigenvalue weighted by Crippen LogP contribution is 2.39. The van der Waals surface area contributed by atoms with E-state index in [1.165, 1.54) is 20.3 Å². The van der Waals surface area contributed by atoms with Gasteiger partial charge in [0.2, 0.25) is 0 Å². The Bertz CT molecular complexity index is 530. The van der Waals surface area contributed by atoms with E-state index in [9.17, 15) is 9.90 Å². The molecule has 1 aromatic rings. The number of benzene rings is 1. The number of esters is 1. The SMILES string of the molecule is COC(=O)C(O)c1cc(Cl)cc(OC)c1OC1CN(C)C1. The minimum Gasteiger partial charge on any atom is -0.493 e. The lowest BCUT2D eigenvalue weighted by molar-refractivity contribution is -0.150. The molecule has 1 fully saturated rings. The van der Waals surface area contributed by atoms with Crippen LogP contribution < -0.4 is 9.47 Å². The zero-order valence-electron chi connectivity index (χ0n) is 12.1. The number of carbonyl (C=O) groups excluding carboxylic acids is 1. The fourth-order valence-corrected chi connectivity index (χ4v) is 2.41. The number of ether oxygens (including phenoxy) is 3. The third-order valence-electron chi connectivity index (χ3n) is 3.30. The highest BCUT2D eigenvalue weighted by Gasteiger charge is 2.30. The van der Waals surface area contributed by atoms with Gasteiger partial charge in [0.15, 0.2) is 17.6 Å². The fraction of sp³-hybridized carbons (Fsp3) is 0.500. The number of methoxy groups -OCH3 is 2. The average molecular weight is 316 g/mol. The van der Waals surface area contributed by atoms with Crippen LogP contribution >= 0.6 is 11.6 Å². The molecule has 21 heavy (non-hydrogen) atoms. The van der Waals surface area contributed by atoms with Gasteiger partial charge in [0.05, 0.1) is 14.2 Å². The molecule has 7 heteroatoms. The predicted octanol–water partition coefficient (Wildman–Crippen LogP) is 1.25. The summed E-state index contributed by atoms with van der Waals surface area (Å²) in [4.78, 5) is 13.7. The number of hydrogen-bond donors (Lipinski definition) is 1. The van der Waals surface area contributed by atoms with Gasteiger partial charge in [-0.2, -0.15) is 0 Å². The Morgan fingerprint density at radius 3 is 2.62 bits per heavy atom. The number of likely N-dealkylation sites (N-methyl/N-ethyl adjacent to an activating group) is 1. The molecular weight excluding hydrogens is 298 g/mol. The molecule has 0 spiro atoms. The fourth-order valence-electron chi connectivity index (χ4n) is 2.19. The summed E-state index contributed by atoms with van der Waals surface area (Å²) in [7, 11) is 4.65. The maximum absolute atomic E-state index is 11.6. The van der Waals surface area contributed by atoms with Crippen molar-refractivity contribution in [1.29, 1.82) is 0 Å². The molecule has 0 aromatic heterocycles. The van der Waals surface area contributed by atoms with Crippen molar-refractivity contribution >= 4 is 17.6 Å². The summed E-state index contributed by atoms with van der Waals surface area (Å²) in [6.07, 6.45) is -1.50. The number of nitrogens with zero attached hydrogens (tertiary/aromatic N) is 1. The lowest BCUT2D eigenvalue weighted by Crippen LogP contribution is -2.51. The maximum Gasteiger partial charge on any atom is 0.339 e. The van der Waals surface area contributed by atoms with Gasteiger partial charge in [-0.15, -0.1) is 0 Å². The number of likely N-dealkylation sites (tertiary alicyclic amines) is 1. The van der Waals surface area contributed by atoms with Gasteiger partial charge in [-0.05, 0) is 13.1 Å². The van der Waals surface area contributed by atoms with Gasteiger partial charge in [-0.1, -0.05) is 11.6 Å². The molecule has 1 unspecified atom stereocenters. The summed E-state index contributed by atoms with van der Waals surface area (Å²) in [6, 6.07) is 3.05. The third-order valence-corrected chi connectivity index (χ3v) is 3.52. The average Bonchev–Trinajstić information content (AvgIpc) is 2.44. The predicted molar refractivity (Wildman–Crippen MR) is 76.9 cm³/mol. The third kappa shape index (κ3) is 3.40. The van der Waals surface area contributed by atoms with Crippen molar-refractivity contribution in [3.8, 4) is 11.5 Å². The lowest BCUT2D eigenvalue weighted by Gasteiger charge is -2.36. The second kappa shape index (κ2) is 6.51. The molecule has 1 heterocycles. The molecule has 1 aromatic carbocycles. The molecule has 0 aliphatic carbocycles. The summed E-state index contributed by atoms with van der Waals surface area (Å²) in [5.41, 5.74) is 0.237. The molecule has 1 saturated heterocycles. The van der Waals surface area contributed by atoms with Crippen LogP contribution in [0.25, 0.3) is 0 Å². The minimum atomic E-state index is -1.48. The van der Waals surface area contributed by atoms with Crippen molar-refractivity contribution in [2.75, 3.05) is 34.4 Å². The van der Waals surface area contributed by atoms with Gasteiger partial charge in [0.1, 0.15) is 6.10 Å². The van der Waals surface area contributed by atoms with E-state index in [0.29, 0.717) is 16.5 Å². The number of hydrogen-bond acceptors (Lipinski definition) is 6. The van der Waals surface area contributed by atoms with E-state index in [2.05, 4.69) is 9.64 Å². The van der Waals surface area contributed by atoms with Gasteiger partial charge >= 0.3 is 5.97 Å². The van der Waals surface area contributed by atoms with Gasteiger partial charge in [-0.25, -0.2) is 4.79 Å². The van der Waals surface area contributed by atoms with E-state index in [1.807, 2.05) is 7.05 Å². The Labute approximate surface area is 128 Å². The van der Waals surface area contributed by atoms with Crippen LogP contribution in [0.2, 0.25) is 5.02 Å². The molecule has 2 rings (SSSR count). The summed E-state index contributed by atoms with van der Waals surface area (Å²) < 4.78 is 15.7. The van der Waals surface area contributed by atoms with Crippen LogP contribution in [0, 0.1) is 0 Å². The van der Waals surface area contributed by atoms with Crippen LogP contribution in [0.4, 0.5) is 0 Å². The van der Waals surface area contributed by atoms with Gasteiger partial charge in [0.25, 0.3) is 0 Å². The lowest BCUT2D eigenvalue weighted by atomic mass is 10.1. The van der Waals surface area contributed by atoms with Crippen LogP contribution in [0.3, 0.4) is 0 Å². The molecule has 0 radical (unpaired) electrons. The molecule has 116 valence electrons. The van der Waals surface area contributed by atoms with Gasteiger partial charge < -0.3 is 19.3 Å². The molecule has 0 saturated carbocycles. The second-order valence-electron chi connectivity index (χ2n) is 4.91. The topological polar surface area (TPSA) is 68.2 Å². The van der Waals surface area contributed by atoms with E-state index in [4.69, 9.17) is 21.1 Å². The standard InChI is InChI=1S/C14H18ClNO5/c1-16-6-9(7-16)21-13-10(12(17)14(18)20-3)4-8(15)5-11(13)19-2/h4-5,9,12,17H,6-7H2,1-3H3. The van der Waals surface area contributed by atoms with Crippen LogP contribution in [-0.2, 0) is 9.53 Å². The first kappa shape index (κ1) is 15.9. The van der Waals surface area contributed by atoms with Crippen molar-refractivity contribution in [3.63, 3.8) is 0 Å². The van der Waals surface area contributed by atoms with Crippen LogP contribution in [0.5, 0.6) is 11.5 Å². The molecule has 1 aliphatic rings. The minimum absolute atomic E-state index is 0.0197. The van der Waals surface area contributed by atoms with E-state index >= 15 is 0 Å². The summed E-state index contributed by atoms with van der Waals surface area (Å²) in [5, 5.41) is 10.4. The first-order valence-electron chi connectivity index (χ1n) is 6.44. The quantitative estimate of drug-likeness (QED) is 0.825. The van der Waals surface area contributed by atoms with Crippen molar-refractivity contribution in [2.24, 2.45) is 0 Å². The molecule has 1 atom stereocenters. The smallest absolute Gasteiger partial charge is 0.339 e. The van der Waals surface area contributed by atoms with Gasteiger partial charge in [0, 0.05) is 29.7 Å². The Hall–Kier alpha value is -1.50. The zero-order valence-corrected chi connectivity index (χ0v) is 12.9. The summed E-state index contributed by atoms with van der Waals surface area (Å²) >= 11 is 5.99. The monoisotopic (exact) mass is 315 g/mol. The summed E-state index contributed by atoms with van der Waals surface area (Å²) in [5.74, 6) is -0.0946. The van der Waals surface area contributed by atoms with Crippen LogP contribution in [-0.4, -0.2) is 56.4 Å². The van der Waals surface area contributed by atoms with E-state index < -0.39 is 12.1 Å². The molecule has 1 N–H and O–H groups in total. The molecule has 1 aliphatic heterocycles. The van der Waals surface area contributed by atoms with E-state index in [-0.39, 0.29) is 11.7 Å². The molecule has 6 nitrogen and oxygen atoms in total. The van der Waals surface area contributed by atoms with E-state index in [0.717, 1.165) is 13.1 Å². The molecular formula is C14H18ClNO5. The van der Waals surface area contributed by atoms with Crippen LogP contribution in [0.15, 0.2) is 12.1 Å². The number of rotatable bonds is 5. The second-order valence-corrected chi connectivity index (χ2v) is 5.35. The van der Waals surface area contributed by atoms with E-state index in [1.54, 1.807) is 6.07 Å². The first-order chi connectivity index (χ1) is 9.96.